The first-order chi connectivity index (χ1) is 41.8. The van der Waals surface area contributed by atoms with Crippen molar-refractivity contribution in [1.29, 1.82) is 0 Å². The molecule has 10 heterocycles. The average Bonchev–Trinajstić information content (AvgIpc) is 1.47. The van der Waals surface area contributed by atoms with Gasteiger partial charge in [0.05, 0.1) is 56.8 Å². The number of likely N-dealkylation sites (tertiary alicyclic amines) is 1. The Morgan fingerprint density at radius 3 is 1.64 bits per heavy atom. The van der Waals surface area contributed by atoms with Crippen molar-refractivity contribution in [2.45, 2.75) is 196 Å². The van der Waals surface area contributed by atoms with Crippen molar-refractivity contribution in [3.63, 3.8) is 0 Å². The van der Waals surface area contributed by atoms with Crippen molar-refractivity contribution in [1.82, 2.24) is 42.8 Å². The molecule has 27 heteroatoms. The van der Waals surface area contributed by atoms with E-state index in [0.29, 0.717) is 75.7 Å². The SMILES string of the molecule is C.CC1(C)OB(c2coc(C=O)c2)OC1(C)C.Cc1cc(N(C(=O)OC(C)(C)C)c2cc(C3CCCCC3)nc3c(I)cnn23)sn1.Cc1cc(N(C(=O)OC(C)(C)C)c2cc(C3CCCN(C(=O)OC(C)(C)C)C3)nc3c(-c4coc(C=O)c4)cnn23)sn1. The van der Waals surface area contributed by atoms with E-state index in [1.807, 2.05) is 107 Å². The zero-order valence-electron chi connectivity index (χ0n) is 53.0. The monoisotopic (exact) mass is 1390 g/mol. The molecule has 2 aliphatic heterocycles. The maximum Gasteiger partial charge on any atom is 0.498 e. The third-order valence-electron chi connectivity index (χ3n) is 15.0. The fourth-order valence-electron chi connectivity index (χ4n) is 10.2. The standard InChI is InChI=1S/C30H36N6O6S.C21H26IN5O2S.C11H15BO4.CH4/c1-18-11-25(43-33-18)35(28(39)42-30(5,6)7)24-13-23(19-9-8-10-34(15-19)27(38)41-29(2,3)4)32-26-22(14-31-36(24)26)20-12-21(16-37)40-17-20;1-13-10-18(30-25-13)26(20(28)29-21(2,3)4)17-11-16(14-8-6-5-7-9-14)24-19-15(22)12-23-27(17)19;1-10(2)11(3,4)16-12(15-10)8-5-9(6-13)14-7-8;/h11-14,16-17,19H,8-10,15H2,1-7H3;10-12,14H,5-9H2,1-4H3;5-7H,1-4H3;1H4. The lowest BCUT2D eigenvalue weighted by Gasteiger charge is -2.34. The Labute approximate surface area is 547 Å². The lowest BCUT2D eigenvalue weighted by molar-refractivity contribution is 0.00578. The highest BCUT2D eigenvalue weighted by atomic mass is 127. The van der Waals surface area contributed by atoms with Crippen LogP contribution in [0.5, 0.6) is 0 Å². The molecule has 0 aromatic carbocycles. The Hall–Kier alpha value is -7.08. The first-order valence-corrected chi connectivity index (χ1v) is 32.2. The molecule has 23 nitrogen and oxygen atoms in total. The highest BCUT2D eigenvalue weighted by molar-refractivity contribution is 14.1. The molecule has 3 aliphatic rings. The van der Waals surface area contributed by atoms with Crippen LogP contribution in [0.15, 0.2) is 70.2 Å². The minimum atomic E-state index is -0.765. The summed E-state index contributed by atoms with van der Waals surface area (Å²) in [4.78, 5) is 76.6. The van der Waals surface area contributed by atoms with E-state index in [-0.39, 0.29) is 42.2 Å². The van der Waals surface area contributed by atoms with Crippen molar-refractivity contribution in [2.24, 2.45) is 0 Å². The van der Waals surface area contributed by atoms with Gasteiger partial charge in [0.1, 0.15) is 38.4 Å². The molecule has 1 unspecified atom stereocenters. The molecule has 1 saturated carbocycles. The van der Waals surface area contributed by atoms with Crippen molar-refractivity contribution in [2.75, 3.05) is 22.9 Å². The third-order valence-corrected chi connectivity index (χ3v) is 17.5. The largest absolute Gasteiger partial charge is 0.498 e. The Kier molecular flexibility index (Phi) is 21.0. The zero-order chi connectivity index (χ0) is 64.5. The number of rotatable bonds is 10. The van der Waals surface area contributed by atoms with Crippen LogP contribution in [0.25, 0.3) is 22.4 Å². The molecule has 8 aromatic heterocycles. The van der Waals surface area contributed by atoms with Gasteiger partial charge in [0.15, 0.2) is 35.4 Å². The molecule has 482 valence electrons. The number of aldehydes is 2. The van der Waals surface area contributed by atoms with Crippen LogP contribution < -0.4 is 15.3 Å². The van der Waals surface area contributed by atoms with Gasteiger partial charge in [-0.2, -0.15) is 28.0 Å². The van der Waals surface area contributed by atoms with Gasteiger partial charge >= 0.3 is 25.4 Å². The van der Waals surface area contributed by atoms with Crippen LogP contribution >= 0.6 is 45.7 Å². The van der Waals surface area contributed by atoms with E-state index in [4.69, 9.17) is 42.3 Å². The number of carbonyl (C=O) groups is 5. The van der Waals surface area contributed by atoms with E-state index in [1.165, 1.54) is 59.8 Å². The maximum atomic E-state index is 13.8. The molecule has 11 rings (SSSR count). The molecule has 0 radical (unpaired) electrons. The fraction of sp³-hybridized carbons (Fsp3) is 0.508. The van der Waals surface area contributed by atoms with Gasteiger partial charge in [0.25, 0.3) is 0 Å². The van der Waals surface area contributed by atoms with Crippen LogP contribution in [-0.2, 0) is 23.5 Å². The number of ether oxygens (including phenoxy) is 3. The number of fused-ring (bicyclic) bond motifs is 2. The van der Waals surface area contributed by atoms with Crippen LogP contribution in [0.4, 0.5) is 36.0 Å². The first-order valence-electron chi connectivity index (χ1n) is 29.6. The molecule has 3 amide bonds. The lowest BCUT2D eigenvalue weighted by Crippen LogP contribution is -2.42. The van der Waals surface area contributed by atoms with Crippen molar-refractivity contribution in [3.05, 3.63) is 99.2 Å². The van der Waals surface area contributed by atoms with Crippen LogP contribution in [0.1, 0.15) is 198 Å². The Morgan fingerprint density at radius 1 is 0.656 bits per heavy atom. The van der Waals surface area contributed by atoms with Gasteiger partial charge in [-0.15, -0.1) is 0 Å². The quantitative estimate of drug-likeness (QED) is 0.0534. The van der Waals surface area contributed by atoms with E-state index in [2.05, 4.69) is 41.5 Å². The van der Waals surface area contributed by atoms with Crippen LogP contribution in [-0.4, -0.2) is 122 Å². The second-order valence-corrected chi connectivity index (χ2v) is 29.0. The van der Waals surface area contributed by atoms with Crippen molar-refractivity contribution >= 4 is 122 Å². The van der Waals surface area contributed by atoms with Gasteiger partial charge in [-0.1, -0.05) is 26.7 Å². The van der Waals surface area contributed by atoms with E-state index >= 15 is 0 Å². The number of carbonyl (C=O) groups excluding carboxylic acids is 5. The molecule has 0 N–H and O–H groups in total. The number of amides is 3. The molecule has 0 spiro atoms. The summed E-state index contributed by atoms with van der Waals surface area (Å²) in [6, 6.07) is 10.8. The van der Waals surface area contributed by atoms with E-state index in [1.54, 1.807) is 64.1 Å². The Bertz CT molecular complexity index is 3840. The van der Waals surface area contributed by atoms with E-state index < -0.39 is 36.1 Å². The number of halogens is 1. The number of nitrogens with zero attached hydrogens (tertiary/aromatic N) is 11. The number of aryl methyl sites for hydroxylation is 2. The second kappa shape index (κ2) is 27.4. The Balaban J connectivity index is 0.000000192. The predicted molar refractivity (Wildman–Crippen MR) is 354 cm³/mol. The third kappa shape index (κ3) is 16.1. The lowest BCUT2D eigenvalue weighted by atomic mass is 9.81. The van der Waals surface area contributed by atoms with Crippen LogP contribution in [0, 0.1) is 17.4 Å². The predicted octanol–water partition coefficient (Wildman–Crippen LogP) is 15.0. The zero-order valence-corrected chi connectivity index (χ0v) is 56.8. The minimum absolute atomic E-state index is 0. The van der Waals surface area contributed by atoms with Crippen molar-refractivity contribution in [3.8, 4) is 11.1 Å². The molecular weight excluding hydrogens is 1300 g/mol. The molecule has 90 heavy (non-hydrogen) atoms. The summed E-state index contributed by atoms with van der Waals surface area (Å²) in [5.41, 5.74) is 3.73. The fourth-order valence-corrected chi connectivity index (χ4v) is 12.2. The van der Waals surface area contributed by atoms with Gasteiger partial charge < -0.3 is 37.3 Å². The summed E-state index contributed by atoms with van der Waals surface area (Å²) in [7, 11) is -0.470. The van der Waals surface area contributed by atoms with Crippen LogP contribution in [0.2, 0.25) is 0 Å². The number of anilines is 4. The molecule has 2 saturated heterocycles. The summed E-state index contributed by atoms with van der Waals surface area (Å²) in [6.45, 7) is 29.2. The Morgan fingerprint density at radius 2 is 1.14 bits per heavy atom. The minimum Gasteiger partial charge on any atom is -0.462 e. The number of hydrogen-bond donors (Lipinski definition) is 0. The molecule has 8 aromatic rings. The van der Waals surface area contributed by atoms with Crippen molar-refractivity contribution < 1.29 is 56.3 Å². The molecule has 0 bridgehead atoms. The summed E-state index contributed by atoms with van der Waals surface area (Å²) < 4.78 is 52.3. The number of piperidine rings is 1. The van der Waals surface area contributed by atoms with Gasteiger partial charge in [0.2, 0.25) is 0 Å². The topological polar surface area (TPSA) is 254 Å². The smallest absolute Gasteiger partial charge is 0.462 e. The number of hydrogen-bond acceptors (Lipinski definition) is 20. The van der Waals surface area contributed by atoms with Gasteiger partial charge in [0, 0.05) is 59.3 Å². The maximum absolute atomic E-state index is 13.8. The normalized spacial score (nSPS) is 16.7. The average molecular weight is 1390 g/mol. The molecule has 1 aliphatic carbocycles. The summed E-state index contributed by atoms with van der Waals surface area (Å²) in [5.74, 6) is 1.74. The van der Waals surface area contributed by atoms with Gasteiger partial charge in [-0.3, -0.25) is 9.59 Å². The number of aromatic nitrogens is 8. The van der Waals surface area contributed by atoms with Gasteiger partial charge in [-0.25, -0.2) is 34.2 Å². The number of furan rings is 2. The highest BCUT2D eigenvalue weighted by Gasteiger charge is 2.52. The van der Waals surface area contributed by atoms with E-state index in [0.717, 1.165) is 57.4 Å². The first kappa shape index (κ1) is 68.8. The highest BCUT2D eigenvalue weighted by Crippen LogP contribution is 2.41. The summed E-state index contributed by atoms with van der Waals surface area (Å²) in [6.07, 6.45) is 13.7. The summed E-state index contributed by atoms with van der Waals surface area (Å²) >= 11 is 4.69. The van der Waals surface area contributed by atoms with Crippen LogP contribution in [0.3, 0.4) is 0 Å². The van der Waals surface area contributed by atoms with Gasteiger partial charge in [-0.05, 0) is 199 Å². The summed E-state index contributed by atoms with van der Waals surface area (Å²) in [5, 5.41) is 10.4. The molecule has 1 atom stereocenters. The van der Waals surface area contributed by atoms with E-state index in [9.17, 15) is 24.0 Å². The molecular formula is C63H81BIN11O12S2. The second-order valence-electron chi connectivity index (χ2n) is 26.3. The molecule has 3 fully saturated rings.